The zero-order chi connectivity index (χ0) is 14.5. The lowest BCUT2D eigenvalue weighted by Gasteiger charge is -2.11. The summed E-state index contributed by atoms with van der Waals surface area (Å²) in [6.45, 7) is 0.277. The molecule has 2 aromatic carbocycles. The van der Waals surface area contributed by atoms with Gasteiger partial charge in [-0.1, -0.05) is 28.1 Å². The van der Waals surface area contributed by atoms with E-state index in [2.05, 4.69) is 21.2 Å². The molecule has 3 nitrogen and oxygen atoms in total. The largest absolute Gasteiger partial charge is 0.465 e. The number of para-hydroxylation sites is 1. The Hall–Kier alpha value is -1.88. The van der Waals surface area contributed by atoms with E-state index in [9.17, 15) is 9.18 Å². The lowest BCUT2D eigenvalue weighted by molar-refractivity contribution is 0.0602. The quantitative estimate of drug-likeness (QED) is 0.857. The van der Waals surface area contributed by atoms with E-state index in [1.54, 1.807) is 36.4 Å². The Morgan fingerprint density at radius 3 is 2.80 bits per heavy atom. The number of esters is 1. The van der Waals surface area contributed by atoms with Crippen molar-refractivity contribution in [3.8, 4) is 0 Å². The van der Waals surface area contributed by atoms with Crippen LogP contribution in [-0.2, 0) is 11.3 Å². The molecule has 0 amide bonds. The van der Waals surface area contributed by atoms with Gasteiger partial charge in [0.2, 0.25) is 0 Å². The minimum absolute atomic E-state index is 0.277. The maximum atomic E-state index is 13.6. The topological polar surface area (TPSA) is 38.3 Å². The summed E-state index contributed by atoms with van der Waals surface area (Å²) in [4.78, 5) is 11.6. The molecule has 0 saturated carbocycles. The normalized spacial score (nSPS) is 10.2. The number of rotatable bonds is 4. The standard InChI is InChI=1S/C15H13BrFNO2/c1-20-15(19)12-4-2-3-5-14(12)18-9-10-8-11(16)6-7-13(10)17/h2-8,18H,9H2,1H3. The molecule has 1 N–H and O–H groups in total. The van der Waals surface area contributed by atoms with Gasteiger partial charge < -0.3 is 10.1 Å². The SMILES string of the molecule is COC(=O)c1ccccc1NCc1cc(Br)ccc1F. The second-order valence-electron chi connectivity index (χ2n) is 4.13. The molecular weight excluding hydrogens is 325 g/mol. The predicted molar refractivity (Wildman–Crippen MR) is 79.2 cm³/mol. The van der Waals surface area contributed by atoms with Gasteiger partial charge in [0.05, 0.1) is 12.7 Å². The number of methoxy groups -OCH3 is 1. The third-order valence-electron chi connectivity index (χ3n) is 2.81. The van der Waals surface area contributed by atoms with Crippen LogP contribution >= 0.6 is 15.9 Å². The first-order valence-electron chi connectivity index (χ1n) is 5.97. The van der Waals surface area contributed by atoms with Crippen molar-refractivity contribution in [3.05, 3.63) is 63.9 Å². The summed E-state index contributed by atoms with van der Waals surface area (Å²) in [7, 11) is 1.33. The molecule has 2 aromatic rings. The van der Waals surface area contributed by atoms with Crippen molar-refractivity contribution < 1.29 is 13.9 Å². The Morgan fingerprint density at radius 2 is 2.05 bits per heavy atom. The number of benzene rings is 2. The van der Waals surface area contributed by atoms with Gasteiger partial charge in [0.15, 0.2) is 0 Å². The molecule has 0 saturated heterocycles. The second-order valence-corrected chi connectivity index (χ2v) is 5.04. The van der Waals surface area contributed by atoms with E-state index in [0.717, 1.165) is 4.47 Å². The molecule has 5 heteroatoms. The molecule has 0 aliphatic heterocycles. The number of carbonyl (C=O) groups excluding carboxylic acids is 1. The van der Waals surface area contributed by atoms with E-state index >= 15 is 0 Å². The molecular formula is C15H13BrFNO2. The summed E-state index contributed by atoms with van der Waals surface area (Å²) >= 11 is 3.30. The molecule has 104 valence electrons. The van der Waals surface area contributed by atoms with Gasteiger partial charge in [-0.05, 0) is 30.3 Å². The summed E-state index contributed by atoms with van der Waals surface area (Å²) in [5, 5.41) is 3.05. The fraction of sp³-hybridized carbons (Fsp3) is 0.133. The summed E-state index contributed by atoms with van der Waals surface area (Å²) in [6.07, 6.45) is 0. The molecule has 0 spiro atoms. The van der Waals surface area contributed by atoms with Crippen LogP contribution in [0.2, 0.25) is 0 Å². The Bertz CT molecular complexity index is 631. The Labute approximate surface area is 124 Å². The number of carbonyl (C=O) groups is 1. The van der Waals surface area contributed by atoms with Crippen molar-refractivity contribution in [2.45, 2.75) is 6.54 Å². The van der Waals surface area contributed by atoms with Crippen LogP contribution in [0.3, 0.4) is 0 Å². The number of hydrogen-bond acceptors (Lipinski definition) is 3. The molecule has 20 heavy (non-hydrogen) atoms. The third kappa shape index (κ3) is 3.36. The van der Waals surface area contributed by atoms with E-state index in [4.69, 9.17) is 4.74 Å². The van der Waals surface area contributed by atoms with Crippen molar-refractivity contribution in [2.24, 2.45) is 0 Å². The van der Waals surface area contributed by atoms with Crippen LogP contribution in [0.4, 0.5) is 10.1 Å². The molecule has 2 rings (SSSR count). The van der Waals surface area contributed by atoms with Crippen molar-refractivity contribution >= 4 is 27.6 Å². The van der Waals surface area contributed by atoms with Gasteiger partial charge >= 0.3 is 5.97 Å². The average Bonchev–Trinajstić information content (AvgIpc) is 2.47. The van der Waals surface area contributed by atoms with Gasteiger partial charge in [-0.3, -0.25) is 0 Å². The highest BCUT2D eigenvalue weighted by Gasteiger charge is 2.11. The highest BCUT2D eigenvalue weighted by Crippen LogP contribution is 2.20. The third-order valence-corrected chi connectivity index (χ3v) is 3.30. The number of ether oxygens (including phenoxy) is 1. The fourth-order valence-corrected chi connectivity index (χ4v) is 2.20. The zero-order valence-electron chi connectivity index (χ0n) is 10.8. The van der Waals surface area contributed by atoms with E-state index in [0.29, 0.717) is 16.8 Å². The molecule has 0 heterocycles. The number of halogens is 2. The molecule has 0 unspecified atom stereocenters. The van der Waals surface area contributed by atoms with Crippen molar-refractivity contribution in [1.82, 2.24) is 0 Å². The number of hydrogen-bond donors (Lipinski definition) is 1. The monoisotopic (exact) mass is 337 g/mol. The lowest BCUT2D eigenvalue weighted by atomic mass is 10.1. The van der Waals surface area contributed by atoms with E-state index in [1.807, 2.05) is 0 Å². The minimum Gasteiger partial charge on any atom is -0.465 e. The van der Waals surface area contributed by atoms with Crippen molar-refractivity contribution in [1.29, 1.82) is 0 Å². The Kier molecular flexibility index (Phi) is 4.74. The fourth-order valence-electron chi connectivity index (χ4n) is 1.79. The minimum atomic E-state index is -0.428. The van der Waals surface area contributed by atoms with E-state index in [-0.39, 0.29) is 12.4 Å². The van der Waals surface area contributed by atoms with Gasteiger partial charge in [0.1, 0.15) is 5.82 Å². The molecule has 0 aliphatic carbocycles. The molecule has 0 aliphatic rings. The molecule has 0 bridgehead atoms. The van der Waals surface area contributed by atoms with Crippen LogP contribution in [0.5, 0.6) is 0 Å². The summed E-state index contributed by atoms with van der Waals surface area (Å²) in [6, 6.07) is 11.7. The van der Waals surface area contributed by atoms with Gasteiger partial charge in [0.25, 0.3) is 0 Å². The van der Waals surface area contributed by atoms with Crippen LogP contribution in [0.15, 0.2) is 46.9 Å². The first-order chi connectivity index (χ1) is 9.61. The first kappa shape index (κ1) is 14.5. The van der Waals surface area contributed by atoms with Crippen molar-refractivity contribution in [3.63, 3.8) is 0 Å². The van der Waals surface area contributed by atoms with E-state index < -0.39 is 5.97 Å². The summed E-state index contributed by atoms with van der Waals surface area (Å²) in [5.74, 6) is -0.723. The average molecular weight is 338 g/mol. The maximum absolute atomic E-state index is 13.6. The Morgan fingerprint density at radius 1 is 1.30 bits per heavy atom. The van der Waals surface area contributed by atoms with Gasteiger partial charge in [-0.15, -0.1) is 0 Å². The van der Waals surface area contributed by atoms with Gasteiger partial charge in [-0.25, -0.2) is 9.18 Å². The Balaban J connectivity index is 2.19. The van der Waals surface area contributed by atoms with Crippen LogP contribution < -0.4 is 5.32 Å². The molecule has 0 radical (unpaired) electrons. The predicted octanol–water partition coefficient (Wildman–Crippen LogP) is 3.99. The smallest absolute Gasteiger partial charge is 0.339 e. The molecule has 0 aromatic heterocycles. The van der Waals surface area contributed by atoms with Crippen molar-refractivity contribution in [2.75, 3.05) is 12.4 Å². The second kappa shape index (κ2) is 6.52. The number of anilines is 1. The van der Waals surface area contributed by atoms with Gasteiger partial charge in [0, 0.05) is 22.3 Å². The summed E-state index contributed by atoms with van der Waals surface area (Å²) < 4.78 is 19.2. The first-order valence-corrected chi connectivity index (χ1v) is 6.76. The van der Waals surface area contributed by atoms with Crippen LogP contribution in [0.25, 0.3) is 0 Å². The molecule has 0 atom stereocenters. The lowest BCUT2D eigenvalue weighted by Crippen LogP contribution is -2.08. The van der Waals surface area contributed by atoms with Crippen LogP contribution in [0.1, 0.15) is 15.9 Å². The zero-order valence-corrected chi connectivity index (χ0v) is 12.4. The van der Waals surface area contributed by atoms with E-state index in [1.165, 1.54) is 13.2 Å². The molecule has 0 fully saturated rings. The highest BCUT2D eigenvalue weighted by atomic mass is 79.9. The van der Waals surface area contributed by atoms with Crippen LogP contribution in [0, 0.1) is 5.82 Å². The van der Waals surface area contributed by atoms with Gasteiger partial charge in [-0.2, -0.15) is 0 Å². The van der Waals surface area contributed by atoms with Crippen LogP contribution in [-0.4, -0.2) is 13.1 Å². The maximum Gasteiger partial charge on any atom is 0.339 e. The number of nitrogens with one attached hydrogen (secondary N) is 1. The highest BCUT2D eigenvalue weighted by molar-refractivity contribution is 9.10. The summed E-state index contributed by atoms with van der Waals surface area (Å²) in [5.41, 5.74) is 1.54.